The monoisotopic (exact) mass is 253 g/mol. The summed E-state index contributed by atoms with van der Waals surface area (Å²) in [7, 11) is 0. The Morgan fingerprint density at radius 3 is 2.83 bits per heavy atom. The summed E-state index contributed by atoms with van der Waals surface area (Å²) >= 11 is 0. The van der Waals surface area contributed by atoms with Gasteiger partial charge in [0, 0.05) is 18.9 Å². The molecule has 1 spiro atoms. The molecule has 0 radical (unpaired) electrons. The van der Waals surface area contributed by atoms with Crippen LogP contribution in [0.4, 0.5) is 0 Å². The van der Waals surface area contributed by atoms with Crippen LogP contribution in [0.25, 0.3) is 0 Å². The lowest BCUT2D eigenvalue weighted by atomic mass is 9.79. The summed E-state index contributed by atoms with van der Waals surface area (Å²) < 4.78 is 5.81. The van der Waals surface area contributed by atoms with Gasteiger partial charge in [-0.1, -0.05) is 6.92 Å². The average molecular weight is 253 g/mol. The van der Waals surface area contributed by atoms with Crippen LogP contribution in [0.5, 0.6) is 0 Å². The molecule has 2 N–H and O–H groups in total. The van der Waals surface area contributed by atoms with Crippen molar-refractivity contribution in [2.24, 2.45) is 4.99 Å². The Balaban J connectivity index is 2.19. The Kier molecular flexibility index (Phi) is 3.36. The van der Waals surface area contributed by atoms with E-state index < -0.39 is 5.54 Å². The lowest BCUT2D eigenvalue weighted by Gasteiger charge is -2.42. The number of guanidine groups is 1. The van der Waals surface area contributed by atoms with Gasteiger partial charge in [0.2, 0.25) is 0 Å². The van der Waals surface area contributed by atoms with Crippen molar-refractivity contribution in [2.45, 2.75) is 64.1 Å². The third-order valence-electron chi connectivity index (χ3n) is 3.81. The summed E-state index contributed by atoms with van der Waals surface area (Å²) in [6.07, 6.45) is 2.30. The molecule has 2 saturated heterocycles. The zero-order valence-corrected chi connectivity index (χ0v) is 11.7. The van der Waals surface area contributed by atoms with Crippen LogP contribution >= 0.6 is 0 Å². The second kappa shape index (κ2) is 4.53. The Morgan fingerprint density at radius 1 is 1.50 bits per heavy atom. The second-order valence-electron chi connectivity index (χ2n) is 5.81. The number of ether oxygens (including phenoxy) is 1. The maximum atomic E-state index is 12.2. The summed E-state index contributed by atoms with van der Waals surface area (Å²) in [5, 5.41) is 6.14. The Bertz CT molecular complexity index is 380. The normalized spacial score (nSPS) is 38.3. The number of carbonyl (C=O) groups is 1. The predicted molar refractivity (Wildman–Crippen MR) is 70.5 cm³/mol. The molecule has 0 bridgehead atoms. The first-order valence-electron chi connectivity index (χ1n) is 6.70. The maximum Gasteiger partial charge on any atom is 0.252 e. The van der Waals surface area contributed by atoms with Crippen LogP contribution in [-0.4, -0.2) is 35.7 Å². The molecular weight excluding hydrogens is 230 g/mol. The van der Waals surface area contributed by atoms with Crippen molar-refractivity contribution in [1.29, 1.82) is 0 Å². The minimum Gasteiger partial charge on any atom is -0.375 e. The van der Waals surface area contributed by atoms with Gasteiger partial charge < -0.3 is 10.1 Å². The van der Waals surface area contributed by atoms with Gasteiger partial charge in [-0.05, 0) is 27.2 Å². The molecule has 5 nitrogen and oxygen atoms in total. The highest BCUT2D eigenvalue weighted by Gasteiger charge is 2.51. The third-order valence-corrected chi connectivity index (χ3v) is 3.81. The van der Waals surface area contributed by atoms with Crippen LogP contribution in [0.15, 0.2) is 4.99 Å². The van der Waals surface area contributed by atoms with Gasteiger partial charge >= 0.3 is 0 Å². The fraction of sp³-hybridized carbons (Fsp3) is 0.846. The summed E-state index contributed by atoms with van der Waals surface area (Å²) in [6.45, 7) is 8.76. The van der Waals surface area contributed by atoms with Crippen LogP contribution in [0.2, 0.25) is 0 Å². The summed E-state index contributed by atoms with van der Waals surface area (Å²) in [5.74, 6) is 0.639. The highest BCUT2D eigenvalue weighted by Crippen LogP contribution is 2.36. The number of carbonyl (C=O) groups excluding carboxylic acids is 1. The van der Waals surface area contributed by atoms with Crippen molar-refractivity contribution in [3.8, 4) is 0 Å². The van der Waals surface area contributed by atoms with E-state index >= 15 is 0 Å². The van der Waals surface area contributed by atoms with E-state index in [0.29, 0.717) is 25.4 Å². The SMILES string of the molecule is CCC1(C)CC2(CCO1)NC(=NC(C)C)NC2=O. The maximum absolute atomic E-state index is 12.2. The Hall–Kier alpha value is -1.10. The van der Waals surface area contributed by atoms with E-state index in [4.69, 9.17) is 4.74 Å². The van der Waals surface area contributed by atoms with Crippen LogP contribution in [0.3, 0.4) is 0 Å². The first-order chi connectivity index (χ1) is 8.39. The molecular formula is C13H23N3O2. The van der Waals surface area contributed by atoms with Crippen LogP contribution in [0.1, 0.15) is 47.0 Å². The fourth-order valence-corrected chi connectivity index (χ4v) is 2.64. The first kappa shape index (κ1) is 13.3. The number of aliphatic imine (C=N–C) groups is 1. The summed E-state index contributed by atoms with van der Waals surface area (Å²) in [5.41, 5.74) is -0.757. The standard InChI is InChI=1S/C13H23N3O2/c1-5-12(4)8-13(6-7-18-12)10(17)15-11(16-13)14-9(2)3/h9H,5-8H2,1-4H3,(H2,14,15,16,17). The molecule has 2 atom stereocenters. The molecule has 102 valence electrons. The number of hydrogen-bond donors (Lipinski definition) is 2. The molecule has 18 heavy (non-hydrogen) atoms. The van der Waals surface area contributed by atoms with Crippen molar-refractivity contribution in [3.63, 3.8) is 0 Å². The molecule has 2 aliphatic rings. The molecule has 0 aromatic carbocycles. The van der Waals surface area contributed by atoms with E-state index in [-0.39, 0.29) is 17.6 Å². The van der Waals surface area contributed by atoms with Gasteiger partial charge in [0.15, 0.2) is 5.96 Å². The highest BCUT2D eigenvalue weighted by atomic mass is 16.5. The Morgan fingerprint density at radius 2 is 2.22 bits per heavy atom. The number of rotatable bonds is 2. The van der Waals surface area contributed by atoms with Crippen molar-refractivity contribution in [3.05, 3.63) is 0 Å². The van der Waals surface area contributed by atoms with Crippen LogP contribution in [-0.2, 0) is 9.53 Å². The molecule has 2 rings (SSSR count). The largest absolute Gasteiger partial charge is 0.375 e. The second-order valence-corrected chi connectivity index (χ2v) is 5.81. The first-order valence-corrected chi connectivity index (χ1v) is 6.70. The lowest BCUT2D eigenvalue weighted by molar-refractivity contribution is -0.138. The summed E-state index contributed by atoms with van der Waals surface area (Å²) in [4.78, 5) is 16.6. The highest BCUT2D eigenvalue weighted by molar-refractivity contribution is 6.09. The van der Waals surface area contributed by atoms with Crippen LogP contribution in [0, 0.1) is 0 Å². The molecule has 2 unspecified atom stereocenters. The van der Waals surface area contributed by atoms with Gasteiger partial charge in [-0.25, -0.2) is 0 Å². The van der Waals surface area contributed by atoms with E-state index in [9.17, 15) is 4.79 Å². The quantitative estimate of drug-likeness (QED) is 0.777. The van der Waals surface area contributed by atoms with Crippen molar-refractivity contribution >= 4 is 11.9 Å². The van der Waals surface area contributed by atoms with Crippen molar-refractivity contribution < 1.29 is 9.53 Å². The zero-order chi connectivity index (χ0) is 13.4. The van der Waals surface area contributed by atoms with Gasteiger partial charge in [-0.2, -0.15) is 0 Å². The van der Waals surface area contributed by atoms with Gasteiger partial charge in [0.05, 0.1) is 12.2 Å². The number of nitrogens with one attached hydrogen (secondary N) is 2. The van der Waals surface area contributed by atoms with Gasteiger partial charge in [0.1, 0.15) is 5.54 Å². The molecule has 0 aromatic heterocycles. The molecule has 1 amide bonds. The molecule has 0 aromatic rings. The van der Waals surface area contributed by atoms with E-state index in [0.717, 1.165) is 6.42 Å². The molecule has 5 heteroatoms. The minimum absolute atomic E-state index is 0.0323. The van der Waals surface area contributed by atoms with Crippen LogP contribution < -0.4 is 10.6 Å². The van der Waals surface area contributed by atoms with E-state index in [1.54, 1.807) is 0 Å². The van der Waals surface area contributed by atoms with Gasteiger partial charge in [0.25, 0.3) is 5.91 Å². The minimum atomic E-state index is -0.531. The summed E-state index contributed by atoms with van der Waals surface area (Å²) in [6, 6.07) is 0.167. The predicted octanol–water partition coefficient (Wildman–Crippen LogP) is 1.19. The fourth-order valence-electron chi connectivity index (χ4n) is 2.64. The molecule has 2 heterocycles. The molecule has 2 aliphatic heterocycles. The smallest absolute Gasteiger partial charge is 0.252 e. The molecule has 2 fully saturated rings. The van der Waals surface area contributed by atoms with E-state index in [1.165, 1.54) is 0 Å². The number of amides is 1. The number of nitrogens with zero attached hydrogens (tertiary/aromatic N) is 1. The van der Waals surface area contributed by atoms with E-state index in [1.807, 2.05) is 13.8 Å². The topological polar surface area (TPSA) is 62.7 Å². The van der Waals surface area contributed by atoms with Gasteiger partial charge in [-0.3, -0.25) is 15.1 Å². The molecule has 0 aliphatic carbocycles. The van der Waals surface area contributed by atoms with Gasteiger partial charge in [-0.15, -0.1) is 0 Å². The zero-order valence-electron chi connectivity index (χ0n) is 11.7. The van der Waals surface area contributed by atoms with Crippen molar-refractivity contribution in [2.75, 3.05) is 6.61 Å². The average Bonchev–Trinajstić information content (AvgIpc) is 2.54. The lowest BCUT2D eigenvalue weighted by Crippen LogP contribution is -2.57. The Labute approximate surface area is 108 Å². The number of hydrogen-bond acceptors (Lipinski definition) is 3. The van der Waals surface area contributed by atoms with Crippen molar-refractivity contribution in [1.82, 2.24) is 10.6 Å². The third kappa shape index (κ3) is 2.36. The van der Waals surface area contributed by atoms with E-state index in [2.05, 4.69) is 29.5 Å². The molecule has 0 saturated carbocycles.